The van der Waals surface area contributed by atoms with E-state index in [1.165, 1.54) is 56.7 Å². The molecule has 3 aromatic carbocycles. The van der Waals surface area contributed by atoms with Crippen LogP contribution >= 0.6 is 91.2 Å². The molecule has 80 heavy (non-hydrogen) atoms. The van der Waals surface area contributed by atoms with Crippen molar-refractivity contribution in [3.63, 3.8) is 0 Å². The summed E-state index contributed by atoms with van der Waals surface area (Å²) in [6.07, 6.45) is 0.717. The number of nitrogens with one attached hydrogen (secondary N) is 2. The zero-order chi connectivity index (χ0) is 56.9. The number of halogens is 5. The van der Waals surface area contributed by atoms with Crippen molar-refractivity contribution < 1.29 is 56.1 Å². The van der Waals surface area contributed by atoms with Crippen LogP contribution in [0.5, 0.6) is 5.75 Å². The summed E-state index contributed by atoms with van der Waals surface area (Å²) in [6, 6.07) is 39.4. The van der Waals surface area contributed by atoms with E-state index in [2.05, 4.69) is 10.6 Å². The maximum absolute atomic E-state index is 12.8. The second kappa shape index (κ2) is 30.3. The molecule has 0 aliphatic rings. The lowest BCUT2D eigenvalue weighted by Gasteiger charge is -2.12. The summed E-state index contributed by atoms with van der Waals surface area (Å²) < 4.78 is 59.5. The van der Waals surface area contributed by atoms with Gasteiger partial charge in [0, 0.05) is 29.3 Å². The lowest BCUT2D eigenvalue weighted by atomic mass is 10.2. The molecule has 0 spiro atoms. The Balaban J connectivity index is 0.000000174. The largest absolute Gasteiger partial charge is 0.497 e. The van der Waals surface area contributed by atoms with Crippen LogP contribution in [0.3, 0.4) is 0 Å². The molecule has 0 radical (unpaired) electrons. The van der Waals surface area contributed by atoms with E-state index < -0.39 is 48.7 Å². The number of esters is 3. The highest BCUT2D eigenvalue weighted by Gasteiger charge is 2.31. The van der Waals surface area contributed by atoms with Gasteiger partial charge in [-0.05, 0) is 135 Å². The normalized spacial score (nSPS) is 11.5. The molecule has 2 N–H and O–H groups in total. The molecule has 0 bridgehead atoms. The minimum absolute atomic E-state index is 0.0699. The van der Waals surface area contributed by atoms with Crippen molar-refractivity contribution in [1.82, 2.24) is 0 Å². The van der Waals surface area contributed by atoms with E-state index in [0.717, 1.165) is 53.9 Å². The molecular formula is C58H43Cl2F3N2O9S6. The van der Waals surface area contributed by atoms with Crippen LogP contribution in [0.2, 0.25) is 10.0 Å². The van der Waals surface area contributed by atoms with E-state index in [-0.39, 0.29) is 28.9 Å². The molecule has 6 aromatic heterocycles. The molecule has 6 heterocycles. The number of amides is 2. The summed E-state index contributed by atoms with van der Waals surface area (Å²) >= 11 is 20.7. The molecule has 0 unspecified atom stereocenters. The first-order chi connectivity index (χ1) is 38.6. The molecule has 11 nitrogen and oxygen atoms in total. The Bertz CT molecular complexity index is 3540. The van der Waals surface area contributed by atoms with Crippen LogP contribution < -0.4 is 15.4 Å². The first-order valence-corrected chi connectivity index (χ1v) is 29.4. The van der Waals surface area contributed by atoms with Crippen LogP contribution in [0.4, 0.5) is 24.5 Å². The number of para-hydroxylation sites is 1. The summed E-state index contributed by atoms with van der Waals surface area (Å²) in [6.45, 7) is -0.862. The molecule has 2 amide bonds. The van der Waals surface area contributed by atoms with Gasteiger partial charge in [-0.15, -0.1) is 68.0 Å². The summed E-state index contributed by atoms with van der Waals surface area (Å²) in [4.78, 5) is 66.9. The van der Waals surface area contributed by atoms with Crippen molar-refractivity contribution in [2.24, 2.45) is 0 Å². The number of hydrogen-bond donors (Lipinski definition) is 2. The van der Waals surface area contributed by atoms with Crippen LogP contribution in [0.25, 0.3) is 34.9 Å². The predicted molar refractivity (Wildman–Crippen MR) is 319 cm³/mol. The van der Waals surface area contributed by atoms with Crippen molar-refractivity contribution in [2.45, 2.75) is 12.8 Å². The number of benzene rings is 3. The van der Waals surface area contributed by atoms with Crippen molar-refractivity contribution in [1.29, 1.82) is 0 Å². The van der Waals surface area contributed by atoms with Gasteiger partial charge in [0.2, 0.25) is 0 Å². The van der Waals surface area contributed by atoms with E-state index in [4.69, 9.17) is 42.1 Å². The van der Waals surface area contributed by atoms with E-state index in [0.29, 0.717) is 26.7 Å². The second-order valence-corrected chi connectivity index (χ2v) is 22.6. The quantitative estimate of drug-likeness (QED) is 0.0487. The Morgan fingerprint density at radius 1 is 0.487 bits per heavy atom. The van der Waals surface area contributed by atoms with Crippen molar-refractivity contribution >= 4 is 167 Å². The fourth-order valence-corrected chi connectivity index (χ4v) is 11.2. The van der Waals surface area contributed by atoms with Gasteiger partial charge < -0.3 is 29.6 Å². The van der Waals surface area contributed by atoms with Gasteiger partial charge in [0.15, 0.2) is 13.2 Å². The minimum atomic E-state index is -4.58. The van der Waals surface area contributed by atoms with Crippen LogP contribution in [-0.4, -0.2) is 50.0 Å². The molecule has 0 fully saturated rings. The van der Waals surface area contributed by atoms with E-state index in [1.807, 2.05) is 118 Å². The maximum Gasteiger partial charge on any atom is 0.416 e. The number of hydrogen-bond acceptors (Lipinski definition) is 15. The Morgan fingerprint density at radius 2 is 0.925 bits per heavy atom. The van der Waals surface area contributed by atoms with Crippen LogP contribution in [0, 0.1) is 0 Å². The standard InChI is InChI=1S/C20H13ClF3NO3S2.C19H14ClNO3S2.C19H16O3S2/c21-15-6-5-12(20(22,23)24)9-16(15)25-18(26)11-28-19(27)14(17-4-2-8-30-17)10-13-3-1-7-29-13;20-15-6-1-2-7-16(15)21-18(22)12-24-19(23)14(17-8-4-10-26-17)11-13-5-3-9-25-13;1-21-15-6-2-5-14(11-15)13-22-19(20)17(18-8-4-10-24-18)12-16-7-3-9-23-16/h1-10H,11H2,(H,25,26);1-11H,12H2,(H,21,22);2-12H,13H2,1H3/b14-10+;14-11+;17-12+. The minimum Gasteiger partial charge on any atom is -0.497 e. The highest BCUT2D eigenvalue weighted by Crippen LogP contribution is 2.35. The molecular weight excluding hydrogens is 1190 g/mol. The van der Waals surface area contributed by atoms with Gasteiger partial charge in [-0.3, -0.25) is 9.59 Å². The molecule has 0 saturated carbocycles. The SMILES string of the molecule is COc1cccc(COC(=O)/C(=C/c2cccs2)c2cccs2)c1.O=C(COC(=O)/C(=C/c1cccs1)c1cccs1)Nc1cc(C(F)(F)F)ccc1Cl.O=C(COC(=O)/C(=C/c1cccs1)c1cccs1)Nc1ccccc1Cl. The van der Waals surface area contributed by atoms with Crippen molar-refractivity contribution in [3.05, 3.63) is 222 Å². The number of anilines is 2. The smallest absolute Gasteiger partial charge is 0.416 e. The number of methoxy groups -OCH3 is 1. The summed E-state index contributed by atoms with van der Waals surface area (Å²) in [7, 11) is 1.61. The number of ether oxygens (including phenoxy) is 4. The Kier molecular flexibility index (Phi) is 22.8. The fraction of sp³-hybridized carbons (Fsp3) is 0.0862. The number of carbonyl (C=O) groups excluding carboxylic acids is 5. The van der Waals surface area contributed by atoms with Gasteiger partial charge in [-0.1, -0.05) is 83.9 Å². The average molecular weight is 1230 g/mol. The van der Waals surface area contributed by atoms with Gasteiger partial charge in [0.05, 0.1) is 50.8 Å². The van der Waals surface area contributed by atoms with Crippen LogP contribution in [0.1, 0.15) is 40.4 Å². The van der Waals surface area contributed by atoms with Crippen LogP contribution in [-0.2, 0) is 51.0 Å². The third kappa shape index (κ3) is 18.6. The molecule has 0 atom stereocenters. The molecule has 0 aliphatic heterocycles. The molecule has 9 rings (SSSR count). The lowest BCUT2D eigenvalue weighted by molar-refractivity contribution is -0.141. The summed E-state index contributed by atoms with van der Waals surface area (Å²) in [5.41, 5.74) is 1.46. The molecule has 0 aliphatic carbocycles. The molecule has 9 aromatic rings. The monoisotopic (exact) mass is 1230 g/mol. The average Bonchev–Trinajstić information content (AvgIpc) is 4.32. The van der Waals surface area contributed by atoms with E-state index in [1.54, 1.807) is 72.4 Å². The number of thiophene rings is 6. The van der Waals surface area contributed by atoms with E-state index in [9.17, 15) is 37.1 Å². The van der Waals surface area contributed by atoms with Gasteiger partial charge >= 0.3 is 24.1 Å². The predicted octanol–water partition coefficient (Wildman–Crippen LogP) is 16.5. The fourth-order valence-electron chi connectivity index (χ4n) is 6.67. The molecule has 22 heteroatoms. The molecule has 410 valence electrons. The first-order valence-electron chi connectivity index (χ1n) is 23.4. The Morgan fingerprint density at radius 3 is 1.35 bits per heavy atom. The summed E-state index contributed by atoms with van der Waals surface area (Å²) in [5, 5.41) is 16.6. The highest BCUT2D eigenvalue weighted by atomic mass is 35.5. The summed E-state index contributed by atoms with van der Waals surface area (Å²) in [5.74, 6) is -2.12. The third-order valence-electron chi connectivity index (χ3n) is 10.4. The highest BCUT2D eigenvalue weighted by molar-refractivity contribution is 7.13. The van der Waals surface area contributed by atoms with Crippen molar-refractivity contribution in [3.8, 4) is 5.75 Å². The van der Waals surface area contributed by atoms with Gasteiger partial charge in [-0.2, -0.15) is 13.2 Å². The van der Waals surface area contributed by atoms with Crippen molar-refractivity contribution in [2.75, 3.05) is 31.0 Å². The van der Waals surface area contributed by atoms with Gasteiger partial charge in [0.1, 0.15) is 12.4 Å². The number of rotatable bonds is 18. The topological polar surface area (TPSA) is 146 Å². The Hall–Kier alpha value is -7.40. The third-order valence-corrected chi connectivity index (χ3v) is 16.2. The number of carbonyl (C=O) groups is 5. The maximum atomic E-state index is 12.8. The number of alkyl halides is 3. The van der Waals surface area contributed by atoms with Gasteiger partial charge in [-0.25, -0.2) is 14.4 Å². The zero-order valence-electron chi connectivity index (χ0n) is 41.6. The Labute approximate surface area is 491 Å². The molecule has 0 saturated heterocycles. The zero-order valence-corrected chi connectivity index (χ0v) is 48.0. The van der Waals surface area contributed by atoms with Gasteiger partial charge in [0.25, 0.3) is 11.8 Å². The second-order valence-electron chi connectivity index (χ2n) is 16.0. The van der Waals surface area contributed by atoms with Crippen LogP contribution in [0.15, 0.2) is 172 Å². The van der Waals surface area contributed by atoms with E-state index >= 15 is 0 Å². The first kappa shape index (κ1) is 60.2. The lowest BCUT2D eigenvalue weighted by Crippen LogP contribution is -2.21.